The number of imide groups is 1. The van der Waals surface area contributed by atoms with Crippen LogP contribution in [-0.2, 0) is 14.3 Å². The molecule has 7 nitrogen and oxygen atoms in total. The van der Waals surface area contributed by atoms with Crippen LogP contribution in [0.2, 0.25) is 5.02 Å². The minimum absolute atomic E-state index is 0.114. The number of ketones is 1. The molecule has 0 bridgehead atoms. The van der Waals surface area contributed by atoms with E-state index in [1.165, 1.54) is 17.0 Å². The van der Waals surface area contributed by atoms with Gasteiger partial charge in [-0.15, -0.1) is 0 Å². The molecule has 1 aliphatic heterocycles. The molecule has 43 heavy (non-hydrogen) atoms. The number of amides is 2. The van der Waals surface area contributed by atoms with E-state index in [0.717, 1.165) is 12.1 Å². The Morgan fingerprint density at radius 2 is 1.53 bits per heavy atom. The standard InChI is InChI=1S/C32H22Br2ClFN2O5/c33-25-12-22-23(13-26(25)34)31(41)38(30(22)40)20-8-3-16(4-9-20)28-14-24(21-11-18(35)5-10-27(21)37-28)32(42)43-15-29(39)17-1-6-19(36)7-2-17/h1-11,14,22-23,25-26H,12-13,15H2. The molecule has 0 N–H and O–H groups in total. The van der Waals surface area contributed by atoms with Gasteiger partial charge in [-0.05, 0) is 73.5 Å². The van der Waals surface area contributed by atoms with Crippen molar-refractivity contribution in [2.75, 3.05) is 11.5 Å². The van der Waals surface area contributed by atoms with Gasteiger partial charge in [-0.25, -0.2) is 14.2 Å². The fraction of sp³-hybridized carbons (Fsp3) is 0.219. The number of anilines is 1. The summed E-state index contributed by atoms with van der Waals surface area (Å²) in [6.45, 7) is -0.537. The highest BCUT2D eigenvalue weighted by atomic mass is 79.9. The molecule has 0 spiro atoms. The second-order valence-electron chi connectivity index (χ2n) is 10.5. The molecular weight excluding hydrogens is 707 g/mol. The Bertz CT molecular complexity index is 1760. The second-order valence-corrected chi connectivity index (χ2v) is 13.3. The minimum Gasteiger partial charge on any atom is -0.454 e. The lowest BCUT2D eigenvalue weighted by Gasteiger charge is -2.29. The number of pyridine rings is 1. The molecule has 2 aliphatic rings. The molecule has 2 amide bonds. The Labute approximate surface area is 267 Å². The summed E-state index contributed by atoms with van der Waals surface area (Å²) in [5.41, 5.74) is 2.39. The van der Waals surface area contributed by atoms with Crippen molar-refractivity contribution in [3.05, 3.63) is 94.8 Å². The van der Waals surface area contributed by atoms with E-state index in [0.29, 0.717) is 45.7 Å². The number of nitrogens with zero attached hydrogens (tertiary/aromatic N) is 2. The van der Waals surface area contributed by atoms with Crippen molar-refractivity contribution < 1.29 is 28.3 Å². The fourth-order valence-electron chi connectivity index (χ4n) is 5.57. The Morgan fingerprint density at radius 3 is 2.16 bits per heavy atom. The Morgan fingerprint density at radius 1 is 0.907 bits per heavy atom. The van der Waals surface area contributed by atoms with Gasteiger partial charge in [-0.1, -0.05) is 55.6 Å². The van der Waals surface area contributed by atoms with Crippen LogP contribution in [0.5, 0.6) is 0 Å². The molecule has 1 aliphatic carbocycles. The van der Waals surface area contributed by atoms with Gasteiger partial charge in [0.1, 0.15) is 5.82 Å². The predicted molar refractivity (Wildman–Crippen MR) is 167 cm³/mol. The number of esters is 1. The van der Waals surface area contributed by atoms with E-state index in [2.05, 4.69) is 36.8 Å². The summed E-state index contributed by atoms with van der Waals surface area (Å²) in [4.78, 5) is 58.3. The lowest BCUT2D eigenvalue weighted by atomic mass is 9.81. The molecule has 6 rings (SSSR count). The summed E-state index contributed by atoms with van der Waals surface area (Å²) >= 11 is 13.4. The zero-order chi connectivity index (χ0) is 30.4. The zero-order valence-electron chi connectivity index (χ0n) is 22.3. The monoisotopic (exact) mass is 726 g/mol. The van der Waals surface area contributed by atoms with E-state index < -0.39 is 24.2 Å². The SMILES string of the molecule is O=C(COC(=O)c1cc(-c2ccc(N3C(=O)C4CC(Br)C(Br)CC4C3=O)cc2)nc2ccc(Cl)cc12)c1ccc(F)cc1. The first kappa shape index (κ1) is 29.6. The average Bonchev–Trinajstić information content (AvgIpc) is 3.24. The maximum atomic E-state index is 13.2. The van der Waals surface area contributed by atoms with Gasteiger partial charge in [0.05, 0.1) is 34.3 Å². The lowest BCUT2D eigenvalue weighted by molar-refractivity contribution is -0.122. The van der Waals surface area contributed by atoms with E-state index >= 15 is 0 Å². The van der Waals surface area contributed by atoms with E-state index in [1.807, 2.05) is 0 Å². The highest BCUT2D eigenvalue weighted by Gasteiger charge is 2.52. The third-order valence-electron chi connectivity index (χ3n) is 7.82. The van der Waals surface area contributed by atoms with E-state index in [4.69, 9.17) is 16.3 Å². The molecule has 2 heterocycles. The molecule has 2 fully saturated rings. The summed E-state index contributed by atoms with van der Waals surface area (Å²) in [6.07, 6.45) is 1.16. The van der Waals surface area contributed by atoms with Crippen molar-refractivity contribution in [1.29, 1.82) is 0 Å². The van der Waals surface area contributed by atoms with Crippen LogP contribution in [0.3, 0.4) is 0 Å². The number of aromatic nitrogens is 1. The number of alkyl halides is 2. The van der Waals surface area contributed by atoms with Gasteiger partial charge in [-0.3, -0.25) is 19.3 Å². The first-order chi connectivity index (χ1) is 20.6. The zero-order valence-corrected chi connectivity index (χ0v) is 26.2. The van der Waals surface area contributed by atoms with Crippen LogP contribution in [0.1, 0.15) is 33.6 Å². The number of carbonyl (C=O) groups is 4. The smallest absolute Gasteiger partial charge is 0.339 e. The summed E-state index contributed by atoms with van der Waals surface area (Å²) in [7, 11) is 0. The van der Waals surface area contributed by atoms with Crippen molar-refractivity contribution in [3.63, 3.8) is 0 Å². The Hall–Kier alpha value is -3.47. The van der Waals surface area contributed by atoms with Crippen LogP contribution >= 0.6 is 43.5 Å². The van der Waals surface area contributed by atoms with E-state index in [-0.39, 0.29) is 44.4 Å². The van der Waals surface area contributed by atoms with Crippen LogP contribution < -0.4 is 4.90 Å². The molecule has 1 saturated heterocycles. The van der Waals surface area contributed by atoms with Crippen LogP contribution in [0.25, 0.3) is 22.2 Å². The van der Waals surface area contributed by atoms with Gasteiger partial charge >= 0.3 is 5.97 Å². The molecule has 4 atom stereocenters. The number of hydrogen-bond acceptors (Lipinski definition) is 6. The third kappa shape index (κ3) is 5.75. The number of fused-ring (bicyclic) bond motifs is 2. The van der Waals surface area contributed by atoms with Crippen LogP contribution in [0, 0.1) is 17.7 Å². The predicted octanol–water partition coefficient (Wildman–Crippen LogP) is 7.16. The number of rotatable bonds is 6. The number of hydrogen-bond donors (Lipinski definition) is 0. The van der Waals surface area contributed by atoms with Gasteiger partial charge in [0.2, 0.25) is 11.8 Å². The molecule has 218 valence electrons. The fourth-order valence-corrected chi connectivity index (χ4v) is 6.98. The Balaban J connectivity index is 1.27. The molecule has 1 aromatic heterocycles. The average molecular weight is 729 g/mol. The van der Waals surface area contributed by atoms with Crippen molar-refractivity contribution in [3.8, 4) is 11.3 Å². The number of ether oxygens (including phenoxy) is 1. The van der Waals surface area contributed by atoms with Crippen LogP contribution in [-0.4, -0.2) is 44.8 Å². The largest absolute Gasteiger partial charge is 0.454 e. The normalized spacial score (nSPS) is 21.6. The van der Waals surface area contributed by atoms with Crippen LogP contribution in [0.4, 0.5) is 10.1 Å². The maximum absolute atomic E-state index is 13.2. The highest BCUT2D eigenvalue weighted by Crippen LogP contribution is 2.44. The summed E-state index contributed by atoms with van der Waals surface area (Å²) < 4.78 is 18.6. The third-order valence-corrected chi connectivity index (χ3v) is 10.8. The highest BCUT2D eigenvalue weighted by molar-refractivity contribution is 9.12. The number of Topliss-reactive ketones (excluding diaryl/α,β-unsaturated/α-hetero) is 1. The quantitative estimate of drug-likeness (QED) is 0.0906. The first-order valence-electron chi connectivity index (χ1n) is 13.4. The van der Waals surface area contributed by atoms with E-state index in [9.17, 15) is 23.6 Å². The number of halogens is 4. The Kier molecular flexibility index (Phi) is 8.19. The van der Waals surface area contributed by atoms with Gasteiger partial charge < -0.3 is 4.74 Å². The maximum Gasteiger partial charge on any atom is 0.339 e. The van der Waals surface area contributed by atoms with Crippen molar-refractivity contribution in [2.45, 2.75) is 22.5 Å². The molecule has 1 saturated carbocycles. The molecular formula is C32H22Br2ClFN2O5. The van der Waals surface area contributed by atoms with Crippen molar-refractivity contribution in [2.24, 2.45) is 11.8 Å². The van der Waals surface area contributed by atoms with Crippen molar-refractivity contribution >= 4 is 83.6 Å². The second kappa shape index (κ2) is 11.9. The van der Waals surface area contributed by atoms with Crippen molar-refractivity contribution in [1.82, 2.24) is 4.98 Å². The number of carbonyl (C=O) groups excluding carboxylic acids is 4. The summed E-state index contributed by atoms with van der Waals surface area (Å²) in [6, 6.07) is 18.3. The minimum atomic E-state index is -0.756. The van der Waals surface area contributed by atoms with E-state index in [1.54, 1.807) is 48.5 Å². The van der Waals surface area contributed by atoms with Gasteiger partial charge in [0, 0.05) is 31.2 Å². The molecule has 3 aromatic carbocycles. The molecule has 4 aromatic rings. The first-order valence-corrected chi connectivity index (χ1v) is 15.6. The summed E-state index contributed by atoms with van der Waals surface area (Å²) in [5, 5.41) is 0.832. The molecule has 4 unspecified atom stereocenters. The van der Waals surface area contributed by atoms with Gasteiger partial charge in [0.25, 0.3) is 0 Å². The summed E-state index contributed by atoms with van der Waals surface area (Å²) in [5.74, 6) is -2.84. The van der Waals surface area contributed by atoms with Gasteiger partial charge in [0.15, 0.2) is 12.4 Å². The molecule has 0 radical (unpaired) electrons. The molecule has 11 heteroatoms. The van der Waals surface area contributed by atoms with Gasteiger partial charge in [-0.2, -0.15) is 0 Å². The number of benzene rings is 3. The topological polar surface area (TPSA) is 93.6 Å². The lowest BCUT2D eigenvalue weighted by Crippen LogP contribution is -2.34. The van der Waals surface area contributed by atoms with Crippen LogP contribution in [0.15, 0.2) is 72.8 Å².